The summed E-state index contributed by atoms with van der Waals surface area (Å²) in [6.45, 7) is 0.764. The number of hydrogen-bond donors (Lipinski definition) is 1. The van der Waals surface area contributed by atoms with Crippen LogP contribution in [0.25, 0.3) is 0 Å². The molecule has 126 valence electrons. The molecular weight excluding hydrogens is 304 g/mol. The second-order valence-corrected chi connectivity index (χ2v) is 6.55. The predicted molar refractivity (Wildman–Crippen MR) is 89.9 cm³/mol. The van der Waals surface area contributed by atoms with E-state index in [1.165, 1.54) is 6.42 Å². The average molecular weight is 326 g/mol. The van der Waals surface area contributed by atoms with E-state index in [9.17, 15) is 4.79 Å². The van der Waals surface area contributed by atoms with Crippen LogP contribution < -0.4 is 14.8 Å². The van der Waals surface area contributed by atoms with E-state index in [0.29, 0.717) is 6.54 Å². The van der Waals surface area contributed by atoms with Crippen molar-refractivity contribution < 1.29 is 14.3 Å². The molecule has 1 aromatic heterocycles. The van der Waals surface area contributed by atoms with Crippen LogP contribution in [0.4, 0.5) is 0 Å². The van der Waals surface area contributed by atoms with Gasteiger partial charge in [0.15, 0.2) is 11.5 Å². The van der Waals surface area contributed by atoms with Crippen LogP contribution in [-0.2, 0) is 16.9 Å². The van der Waals surface area contributed by atoms with E-state index in [0.717, 1.165) is 42.7 Å². The predicted octanol–water partition coefficient (Wildman–Crippen LogP) is 3.19. The molecule has 0 atom stereocenters. The molecule has 2 aliphatic rings. The van der Waals surface area contributed by atoms with Gasteiger partial charge in [-0.1, -0.05) is 25.3 Å². The smallest absolute Gasteiger partial charge is 0.246 e. The molecule has 1 fully saturated rings. The molecule has 0 spiro atoms. The maximum Gasteiger partial charge on any atom is 0.246 e. The molecule has 2 aromatic rings. The SMILES string of the molecule is O=C(NCc1ccc2c(c1)OCO2)C1(n2cccc2)CCCCC1. The largest absolute Gasteiger partial charge is 0.454 e. The number of hydrogen-bond acceptors (Lipinski definition) is 3. The number of nitrogens with one attached hydrogen (secondary N) is 1. The zero-order chi connectivity index (χ0) is 16.4. The molecule has 1 aliphatic carbocycles. The number of carbonyl (C=O) groups is 1. The van der Waals surface area contributed by atoms with Gasteiger partial charge in [-0.2, -0.15) is 0 Å². The number of rotatable bonds is 4. The van der Waals surface area contributed by atoms with E-state index < -0.39 is 5.54 Å². The highest BCUT2D eigenvalue weighted by Gasteiger charge is 2.40. The van der Waals surface area contributed by atoms with Crippen molar-refractivity contribution in [3.8, 4) is 11.5 Å². The quantitative estimate of drug-likeness (QED) is 0.939. The van der Waals surface area contributed by atoms with Crippen LogP contribution in [0, 0.1) is 0 Å². The Hall–Kier alpha value is -2.43. The van der Waals surface area contributed by atoms with Crippen LogP contribution in [0.1, 0.15) is 37.7 Å². The van der Waals surface area contributed by atoms with Gasteiger partial charge >= 0.3 is 0 Å². The van der Waals surface area contributed by atoms with Crippen molar-refractivity contribution in [3.63, 3.8) is 0 Å². The van der Waals surface area contributed by atoms with Crippen LogP contribution in [0.15, 0.2) is 42.7 Å². The minimum Gasteiger partial charge on any atom is -0.454 e. The summed E-state index contributed by atoms with van der Waals surface area (Å²) in [6.07, 6.45) is 9.20. The molecular formula is C19H22N2O3. The van der Waals surface area contributed by atoms with Crippen molar-refractivity contribution in [2.45, 2.75) is 44.2 Å². The van der Waals surface area contributed by atoms with Gasteiger partial charge in [0.05, 0.1) is 0 Å². The summed E-state index contributed by atoms with van der Waals surface area (Å²) < 4.78 is 12.8. The molecule has 0 unspecified atom stereocenters. The third kappa shape index (κ3) is 2.64. The molecule has 0 saturated heterocycles. The minimum atomic E-state index is -0.446. The fourth-order valence-corrected chi connectivity index (χ4v) is 3.76. The number of aromatic nitrogens is 1. The summed E-state index contributed by atoms with van der Waals surface area (Å²) in [5.41, 5.74) is 0.573. The molecule has 0 radical (unpaired) electrons. The van der Waals surface area contributed by atoms with E-state index in [1.807, 2.05) is 42.7 Å². The molecule has 5 heteroatoms. The number of ether oxygens (including phenoxy) is 2. The van der Waals surface area contributed by atoms with Gasteiger partial charge in [0.1, 0.15) is 5.54 Å². The highest BCUT2D eigenvalue weighted by Crippen LogP contribution is 2.36. The lowest BCUT2D eigenvalue weighted by Crippen LogP contribution is -2.49. The van der Waals surface area contributed by atoms with Gasteiger partial charge in [0, 0.05) is 18.9 Å². The Labute approximate surface area is 141 Å². The van der Waals surface area contributed by atoms with Crippen molar-refractivity contribution in [3.05, 3.63) is 48.3 Å². The van der Waals surface area contributed by atoms with Crippen molar-refractivity contribution in [1.29, 1.82) is 0 Å². The van der Waals surface area contributed by atoms with Crippen LogP contribution in [0.3, 0.4) is 0 Å². The molecule has 1 amide bonds. The van der Waals surface area contributed by atoms with Crippen LogP contribution in [0.5, 0.6) is 11.5 Å². The first kappa shape index (κ1) is 15.1. The van der Waals surface area contributed by atoms with Gasteiger partial charge in [0.2, 0.25) is 12.7 Å². The second kappa shape index (κ2) is 6.23. The molecule has 1 N–H and O–H groups in total. The van der Waals surface area contributed by atoms with Crippen molar-refractivity contribution >= 4 is 5.91 Å². The Morgan fingerprint density at radius 2 is 1.83 bits per heavy atom. The summed E-state index contributed by atoms with van der Waals surface area (Å²) in [5.74, 6) is 1.62. The Kier molecular flexibility index (Phi) is 3.92. The third-order valence-electron chi connectivity index (χ3n) is 5.09. The second-order valence-electron chi connectivity index (χ2n) is 6.55. The standard InChI is InChI=1S/C19H22N2O3/c22-18(19(8-2-1-3-9-19)21-10-4-5-11-21)20-13-15-6-7-16-17(12-15)24-14-23-16/h4-7,10-12H,1-3,8-9,13-14H2,(H,20,22). The lowest BCUT2D eigenvalue weighted by molar-refractivity contribution is -0.131. The molecule has 2 heterocycles. The van der Waals surface area contributed by atoms with E-state index >= 15 is 0 Å². The zero-order valence-electron chi connectivity index (χ0n) is 13.7. The van der Waals surface area contributed by atoms with E-state index in [2.05, 4.69) is 9.88 Å². The number of amides is 1. The Balaban J connectivity index is 1.49. The lowest BCUT2D eigenvalue weighted by Gasteiger charge is -2.37. The van der Waals surface area contributed by atoms with Crippen LogP contribution >= 0.6 is 0 Å². The molecule has 1 saturated carbocycles. The maximum absolute atomic E-state index is 13.0. The van der Waals surface area contributed by atoms with Crippen molar-refractivity contribution in [1.82, 2.24) is 9.88 Å². The number of carbonyl (C=O) groups excluding carboxylic acids is 1. The van der Waals surface area contributed by atoms with Gasteiger partial charge < -0.3 is 19.4 Å². The average Bonchev–Trinajstić information content (AvgIpc) is 3.31. The van der Waals surface area contributed by atoms with Gasteiger partial charge in [-0.3, -0.25) is 4.79 Å². The van der Waals surface area contributed by atoms with E-state index in [-0.39, 0.29) is 12.7 Å². The zero-order valence-corrected chi connectivity index (χ0v) is 13.7. The molecule has 4 rings (SSSR count). The summed E-state index contributed by atoms with van der Waals surface area (Å²) in [6, 6.07) is 9.78. The number of benzene rings is 1. The Morgan fingerprint density at radius 1 is 1.08 bits per heavy atom. The number of nitrogens with zero attached hydrogens (tertiary/aromatic N) is 1. The van der Waals surface area contributed by atoms with E-state index in [1.54, 1.807) is 0 Å². The lowest BCUT2D eigenvalue weighted by atomic mass is 9.80. The van der Waals surface area contributed by atoms with Gasteiger partial charge in [0.25, 0.3) is 0 Å². The first-order valence-electron chi connectivity index (χ1n) is 8.58. The van der Waals surface area contributed by atoms with Crippen LogP contribution in [-0.4, -0.2) is 17.3 Å². The van der Waals surface area contributed by atoms with Gasteiger partial charge in [-0.05, 0) is 42.7 Å². The monoisotopic (exact) mass is 326 g/mol. The minimum absolute atomic E-state index is 0.107. The summed E-state index contributed by atoms with van der Waals surface area (Å²) in [7, 11) is 0. The van der Waals surface area contributed by atoms with E-state index in [4.69, 9.17) is 9.47 Å². The molecule has 1 aliphatic heterocycles. The molecule has 0 bridgehead atoms. The topological polar surface area (TPSA) is 52.5 Å². The Bertz CT molecular complexity index is 718. The van der Waals surface area contributed by atoms with Gasteiger partial charge in [-0.25, -0.2) is 0 Å². The molecule has 24 heavy (non-hydrogen) atoms. The molecule has 1 aromatic carbocycles. The third-order valence-corrected chi connectivity index (χ3v) is 5.09. The summed E-state index contributed by atoms with van der Waals surface area (Å²) >= 11 is 0. The van der Waals surface area contributed by atoms with Gasteiger partial charge in [-0.15, -0.1) is 0 Å². The fourth-order valence-electron chi connectivity index (χ4n) is 3.76. The maximum atomic E-state index is 13.0. The number of fused-ring (bicyclic) bond motifs is 1. The summed E-state index contributed by atoms with van der Waals surface area (Å²) in [4.78, 5) is 13.0. The van der Waals surface area contributed by atoms with Crippen LogP contribution in [0.2, 0.25) is 0 Å². The highest BCUT2D eigenvalue weighted by molar-refractivity contribution is 5.84. The van der Waals surface area contributed by atoms with Crippen molar-refractivity contribution in [2.75, 3.05) is 6.79 Å². The molecule has 5 nitrogen and oxygen atoms in total. The highest BCUT2D eigenvalue weighted by atomic mass is 16.7. The first-order chi connectivity index (χ1) is 11.8. The van der Waals surface area contributed by atoms with Crippen molar-refractivity contribution in [2.24, 2.45) is 0 Å². The Morgan fingerprint density at radius 3 is 2.62 bits per heavy atom. The summed E-state index contributed by atoms with van der Waals surface area (Å²) in [5, 5.41) is 3.13. The fraction of sp³-hybridized carbons (Fsp3) is 0.421. The normalized spacial score (nSPS) is 18.3. The first-order valence-corrected chi connectivity index (χ1v) is 8.58.